The lowest BCUT2D eigenvalue weighted by atomic mass is 9.87. The molecule has 5 rings (SSSR count). The highest BCUT2D eigenvalue weighted by Crippen LogP contribution is 2.46. The van der Waals surface area contributed by atoms with Crippen molar-refractivity contribution in [3.05, 3.63) is 35.8 Å². The third-order valence-electron chi connectivity index (χ3n) is 8.73. The molecule has 8 heteroatoms. The van der Waals surface area contributed by atoms with Gasteiger partial charge in [0.15, 0.2) is 0 Å². The van der Waals surface area contributed by atoms with Gasteiger partial charge in [-0.3, -0.25) is 14.5 Å². The summed E-state index contributed by atoms with van der Waals surface area (Å²) in [6, 6.07) is 5.25. The first-order chi connectivity index (χ1) is 17.6. The lowest BCUT2D eigenvalue weighted by molar-refractivity contribution is -0.126. The number of aromatic nitrogens is 1. The number of likely N-dealkylation sites (N-methyl/N-ethyl adjacent to an activating group) is 1. The second-order valence-electron chi connectivity index (χ2n) is 12.1. The number of carbonyl (C=O) groups is 2. The second-order valence-corrected chi connectivity index (χ2v) is 12.1. The van der Waals surface area contributed by atoms with Crippen molar-refractivity contribution >= 4 is 28.4 Å². The number of hydrogen-bond donors (Lipinski definition) is 2. The van der Waals surface area contributed by atoms with Crippen LogP contribution in [0.5, 0.6) is 0 Å². The summed E-state index contributed by atoms with van der Waals surface area (Å²) in [6.45, 7) is 9.12. The molecule has 2 saturated heterocycles. The van der Waals surface area contributed by atoms with E-state index < -0.39 is 11.5 Å². The summed E-state index contributed by atoms with van der Waals surface area (Å²) in [7, 11) is 1.72. The smallest absolute Gasteiger partial charge is 0.269 e. The topological polar surface area (TPSA) is 80.8 Å². The van der Waals surface area contributed by atoms with Crippen LogP contribution in [0.3, 0.4) is 0 Å². The standard InChI is InChI=1S/C29H40FN5O2/c1-17(31-5)27(36)33-26(29(2,3)4)28(37)34-13-12-24-25(34)22(16-35(24)19-8-6-7-9-19)21-15-32-23-14-18(30)10-11-20(21)23/h10-11,14-15,17,19,22,24-25,31-32H,6-9,12-13,16H2,1-5H3/t17-,22+,24+,25+/m0/s1. The molecule has 200 valence electrons. The average molecular weight is 510 g/mol. The van der Waals surface area contributed by atoms with Gasteiger partial charge in [0.1, 0.15) is 11.5 Å². The number of halogens is 1. The van der Waals surface area contributed by atoms with Gasteiger partial charge in [-0.2, -0.15) is 0 Å². The average Bonchev–Trinajstić information content (AvgIpc) is 3.64. The van der Waals surface area contributed by atoms with Gasteiger partial charge in [-0.25, -0.2) is 9.38 Å². The number of amides is 2. The second kappa shape index (κ2) is 9.95. The number of nitrogens with one attached hydrogen (secondary N) is 2. The fourth-order valence-corrected chi connectivity index (χ4v) is 6.72. The van der Waals surface area contributed by atoms with E-state index in [2.05, 4.69) is 20.2 Å². The van der Waals surface area contributed by atoms with Crippen molar-refractivity contribution in [2.75, 3.05) is 20.1 Å². The molecular weight excluding hydrogens is 469 g/mol. The van der Waals surface area contributed by atoms with E-state index in [0.717, 1.165) is 29.4 Å². The SMILES string of the molecule is CN[C@@H](C)C(=O)N=C(C(=O)N1CC[C@@H]2[C@H]1[C@@H](c1c[nH]c3cc(F)ccc13)CN2C1CCCC1)C(C)(C)C. The Hall–Kier alpha value is -2.58. The van der Waals surface area contributed by atoms with Gasteiger partial charge in [0.2, 0.25) is 0 Å². The summed E-state index contributed by atoms with van der Waals surface area (Å²) >= 11 is 0. The lowest BCUT2D eigenvalue weighted by Crippen LogP contribution is -2.48. The first-order valence-electron chi connectivity index (χ1n) is 13.7. The first kappa shape index (κ1) is 26.0. The molecule has 1 aromatic heterocycles. The van der Waals surface area contributed by atoms with Crippen LogP contribution < -0.4 is 5.32 Å². The summed E-state index contributed by atoms with van der Waals surface area (Å²) in [5.41, 5.74) is 1.67. The zero-order chi connectivity index (χ0) is 26.5. The van der Waals surface area contributed by atoms with E-state index in [4.69, 9.17) is 0 Å². The van der Waals surface area contributed by atoms with Crippen LogP contribution in [0, 0.1) is 11.2 Å². The maximum Gasteiger partial charge on any atom is 0.269 e. The molecule has 1 aliphatic carbocycles. The van der Waals surface area contributed by atoms with Crippen molar-refractivity contribution in [3.63, 3.8) is 0 Å². The van der Waals surface area contributed by atoms with Crippen LogP contribution in [0.4, 0.5) is 4.39 Å². The minimum absolute atomic E-state index is 0.0125. The number of carbonyl (C=O) groups excluding carboxylic acids is 2. The maximum absolute atomic E-state index is 14.2. The number of likely N-dealkylation sites (tertiary alicyclic amines) is 2. The van der Waals surface area contributed by atoms with Crippen LogP contribution in [-0.2, 0) is 9.59 Å². The first-order valence-corrected chi connectivity index (χ1v) is 13.7. The molecule has 37 heavy (non-hydrogen) atoms. The summed E-state index contributed by atoms with van der Waals surface area (Å²) < 4.78 is 13.9. The number of nitrogens with zero attached hydrogens (tertiary/aromatic N) is 3. The highest BCUT2D eigenvalue weighted by Gasteiger charge is 2.53. The third kappa shape index (κ3) is 4.74. The zero-order valence-electron chi connectivity index (χ0n) is 22.7. The van der Waals surface area contributed by atoms with Crippen molar-refractivity contribution < 1.29 is 14.0 Å². The molecule has 1 aromatic carbocycles. The maximum atomic E-state index is 14.2. The van der Waals surface area contributed by atoms with Gasteiger partial charge in [-0.15, -0.1) is 0 Å². The Morgan fingerprint density at radius 1 is 1.19 bits per heavy atom. The van der Waals surface area contributed by atoms with E-state index in [1.54, 1.807) is 14.0 Å². The van der Waals surface area contributed by atoms with Crippen LogP contribution in [0.25, 0.3) is 10.9 Å². The number of benzene rings is 1. The molecule has 7 nitrogen and oxygen atoms in total. The van der Waals surface area contributed by atoms with E-state index in [9.17, 15) is 14.0 Å². The fourth-order valence-electron chi connectivity index (χ4n) is 6.72. The monoisotopic (exact) mass is 509 g/mol. The Bertz CT molecular complexity index is 1210. The van der Waals surface area contributed by atoms with Crippen molar-refractivity contribution in [2.45, 2.75) is 89.9 Å². The Morgan fingerprint density at radius 2 is 1.92 bits per heavy atom. The summed E-state index contributed by atoms with van der Waals surface area (Å²) in [6.07, 6.45) is 7.83. The quantitative estimate of drug-likeness (QED) is 0.591. The Labute approximate surface area is 218 Å². The van der Waals surface area contributed by atoms with Crippen LogP contribution in [0.1, 0.15) is 71.3 Å². The number of aliphatic imine (C=N–C) groups is 1. The van der Waals surface area contributed by atoms with E-state index in [-0.39, 0.29) is 35.6 Å². The molecule has 2 aromatic rings. The molecule has 0 spiro atoms. The number of aromatic amines is 1. The van der Waals surface area contributed by atoms with E-state index in [0.29, 0.717) is 18.3 Å². The Kier molecular flexibility index (Phi) is 7.00. The zero-order valence-corrected chi connectivity index (χ0v) is 22.7. The number of hydrogen-bond acceptors (Lipinski definition) is 4. The molecule has 0 unspecified atom stereocenters. The van der Waals surface area contributed by atoms with E-state index in [1.807, 2.05) is 37.9 Å². The molecule has 2 aliphatic heterocycles. The molecule has 0 bridgehead atoms. The van der Waals surface area contributed by atoms with Crippen molar-refractivity contribution in [1.82, 2.24) is 20.1 Å². The summed E-state index contributed by atoms with van der Waals surface area (Å²) in [4.78, 5) is 39.2. The predicted molar refractivity (Wildman–Crippen MR) is 144 cm³/mol. The number of rotatable bonds is 5. The van der Waals surface area contributed by atoms with Crippen molar-refractivity contribution in [1.29, 1.82) is 0 Å². The lowest BCUT2D eigenvalue weighted by Gasteiger charge is -2.32. The molecule has 2 amide bonds. The van der Waals surface area contributed by atoms with Gasteiger partial charge in [0, 0.05) is 53.6 Å². The molecular formula is C29H40FN5O2. The van der Waals surface area contributed by atoms with Crippen molar-refractivity contribution in [2.24, 2.45) is 10.4 Å². The minimum Gasteiger partial charge on any atom is -0.361 e. The van der Waals surface area contributed by atoms with Gasteiger partial charge in [0.05, 0.1) is 12.1 Å². The predicted octanol–water partition coefficient (Wildman–Crippen LogP) is 4.24. The minimum atomic E-state index is -0.574. The molecule has 2 N–H and O–H groups in total. The van der Waals surface area contributed by atoms with Crippen LogP contribution in [-0.4, -0.2) is 76.6 Å². The van der Waals surface area contributed by atoms with Crippen LogP contribution in [0.15, 0.2) is 29.4 Å². The highest BCUT2D eigenvalue weighted by atomic mass is 19.1. The highest BCUT2D eigenvalue weighted by molar-refractivity contribution is 6.42. The van der Waals surface area contributed by atoms with Gasteiger partial charge in [-0.05, 0) is 57.0 Å². The summed E-state index contributed by atoms with van der Waals surface area (Å²) in [5.74, 6) is -0.627. The number of H-pyrrole nitrogens is 1. The normalized spacial score (nSPS) is 26.3. The van der Waals surface area contributed by atoms with Gasteiger partial charge in [-0.1, -0.05) is 33.6 Å². The van der Waals surface area contributed by atoms with Gasteiger partial charge < -0.3 is 15.2 Å². The molecule has 3 heterocycles. The molecule has 1 saturated carbocycles. The van der Waals surface area contributed by atoms with Crippen LogP contribution >= 0.6 is 0 Å². The van der Waals surface area contributed by atoms with Crippen LogP contribution in [0.2, 0.25) is 0 Å². The molecule has 3 aliphatic rings. The largest absolute Gasteiger partial charge is 0.361 e. The molecule has 0 radical (unpaired) electrons. The summed E-state index contributed by atoms with van der Waals surface area (Å²) in [5, 5.41) is 3.95. The van der Waals surface area contributed by atoms with Gasteiger partial charge in [0.25, 0.3) is 11.8 Å². The Morgan fingerprint density at radius 3 is 2.59 bits per heavy atom. The van der Waals surface area contributed by atoms with Crippen molar-refractivity contribution in [3.8, 4) is 0 Å². The van der Waals surface area contributed by atoms with E-state index in [1.165, 1.54) is 37.8 Å². The fraction of sp³-hybridized carbons (Fsp3) is 0.621. The molecule has 4 atom stereocenters. The number of fused-ring (bicyclic) bond motifs is 2. The third-order valence-corrected chi connectivity index (χ3v) is 8.73. The van der Waals surface area contributed by atoms with E-state index >= 15 is 0 Å². The van der Waals surface area contributed by atoms with Gasteiger partial charge >= 0.3 is 0 Å². The molecule has 3 fully saturated rings. The Balaban J connectivity index is 1.54.